The fourth-order valence-electron chi connectivity index (χ4n) is 3.04. The number of hydrogen-bond acceptors (Lipinski definition) is 1. The standard InChI is InChI=1S/C18H20O/c1-12-5-8-14(9-6-12)17-15-11-13(2)7-10-16(15)19-18(17,3)4/h5-11,17H,1-4H3. The third kappa shape index (κ3) is 2.03. The minimum absolute atomic E-state index is 0.189. The minimum atomic E-state index is -0.189. The number of fused-ring (bicyclic) bond motifs is 1. The number of benzene rings is 2. The van der Waals surface area contributed by atoms with Gasteiger partial charge >= 0.3 is 0 Å². The Bertz CT molecular complexity index is 608. The van der Waals surface area contributed by atoms with Gasteiger partial charge in [-0.2, -0.15) is 0 Å². The van der Waals surface area contributed by atoms with Crippen molar-refractivity contribution >= 4 is 0 Å². The maximum Gasteiger partial charge on any atom is 0.124 e. The summed E-state index contributed by atoms with van der Waals surface area (Å²) in [6.07, 6.45) is 0. The Morgan fingerprint density at radius 1 is 0.895 bits per heavy atom. The largest absolute Gasteiger partial charge is 0.487 e. The number of ether oxygens (including phenoxy) is 1. The van der Waals surface area contributed by atoms with Gasteiger partial charge in [0.25, 0.3) is 0 Å². The van der Waals surface area contributed by atoms with Crippen molar-refractivity contribution in [3.8, 4) is 5.75 Å². The van der Waals surface area contributed by atoms with Gasteiger partial charge in [0, 0.05) is 5.56 Å². The topological polar surface area (TPSA) is 9.23 Å². The van der Waals surface area contributed by atoms with E-state index >= 15 is 0 Å². The molecule has 2 aromatic carbocycles. The number of hydrogen-bond donors (Lipinski definition) is 0. The van der Waals surface area contributed by atoms with E-state index in [4.69, 9.17) is 4.74 Å². The first kappa shape index (κ1) is 12.3. The summed E-state index contributed by atoms with van der Waals surface area (Å²) in [7, 11) is 0. The van der Waals surface area contributed by atoms with Gasteiger partial charge in [-0.05, 0) is 39.3 Å². The van der Waals surface area contributed by atoms with Gasteiger partial charge in [0.1, 0.15) is 11.4 Å². The van der Waals surface area contributed by atoms with Gasteiger partial charge in [-0.15, -0.1) is 0 Å². The van der Waals surface area contributed by atoms with Crippen molar-refractivity contribution in [1.82, 2.24) is 0 Å². The number of aryl methyl sites for hydroxylation is 2. The van der Waals surface area contributed by atoms with Crippen LogP contribution in [-0.4, -0.2) is 5.60 Å². The van der Waals surface area contributed by atoms with Crippen LogP contribution in [0.3, 0.4) is 0 Å². The monoisotopic (exact) mass is 252 g/mol. The van der Waals surface area contributed by atoms with Crippen LogP contribution in [0.5, 0.6) is 5.75 Å². The lowest BCUT2D eigenvalue weighted by Crippen LogP contribution is -2.30. The van der Waals surface area contributed by atoms with Gasteiger partial charge in [-0.25, -0.2) is 0 Å². The molecule has 1 nitrogen and oxygen atoms in total. The highest BCUT2D eigenvalue weighted by atomic mass is 16.5. The second-order valence-electron chi connectivity index (χ2n) is 6.09. The zero-order chi connectivity index (χ0) is 13.6. The Kier molecular flexibility index (Phi) is 2.67. The summed E-state index contributed by atoms with van der Waals surface area (Å²) in [5, 5.41) is 0. The van der Waals surface area contributed by atoms with Crippen LogP contribution in [0.4, 0.5) is 0 Å². The average Bonchev–Trinajstić information content (AvgIpc) is 2.60. The van der Waals surface area contributed by atoms with E-state index in [1.807, 2.05) is 0 Å². The molecule has 0 spiro atoms. The maximum atomic E-state index is 6.15. The van der Waals surface area contributed by atoms with E-state index < -0.39 is 0 Å². The zero-order valence-corrected chi connectivity index (χ0v) is 12.0. The van der Waals surface area contributed by atoms with Crippen LogP contribution in [0.25, 0.3) is 0 Å². The van der Waals surface area contributed by atoms with Gasteiger partial charge in [0.05, 0.1) is 5.92 Å². The molecule has 1 aliphatic heterocycles. The molecule has 0 N–H and O–H groups in total. The van der Waals surface area contributed by atoms with E-state index in [1.54, 1.807) is 0 Å². The van der Waals surface area contributed by atoms with E-state index in [0.717, 1.165) is 5.75 Å². The Labute approximate surface area is 115 Å². The lowest BCUT2D eigenvalue weighted by Gasteiger charge is -2.27. The fourth-order valence-corrected chi connectivity index (χ4v) is 3.04. The van der Waals surface area contributed by atoms with Gasteiger partial charge < -0.3 is 4.74 Å². The normalized spacial score (nSPS) is 19.9. The van der Waals surface area contributed by atoms with E-state index in [1.165, 1.54) is 22.3 Å². The highest BCUT2D eigenvalue weighted by Gasteiger charge is 2.41. The van der Waals surface area contributed by atoms with Crippen molar-refractivity contribution in [2.75, 3.05) is 0 Å². The first-order valence-corrected chi connectivity index (χ1v) is 6.83. The predicted octanol–water partition coefficient (Wildman–Crippen LogP) is 4.61. The summed E-state index contributed by atoms with van der Waals surface area (Å²) in [4.78, 5) is 0. The van der Waals surface area contributed by atoms with E-state index in [0.29, 0.717) is 5.92 Å². The molecule has 0 bridgehead atoms. The van der Waals surface area contributed by atoms with Gasteiger partial charge in [0.15, 0.2) is 0 Å². The molecule has 3 rings (SSSR count). The molecule has 98 valence electrons. The molecule has 0 aliphatic carbocycles. The van der Waals surface area contributed by atoms with Crippen molar-refractivity contribution in [2.24, 2.45) is 0 Å². The maximum absolute atomic E-state index is 6.15. The summed E-state index contributed by atoms with van der Waals surface area (Å²) in [6, 6.07) is 15.3. The van der Waals surface area contributed by atoms with Crippen LogP contribution in [0, 0.1) is 13.8 Å². The molecule has 1 atom stereocenters. The molecule has 1 unspecified atom stereocenters. The highest BCUT2D eigenvalue weighted by molar-refractivity contribution is 5.50. The summed E-state index contributed by atoms with van der Waals surface area (Å²) in [5.41, 5.74) is 5.04. The Morgan fingerprint density at radius 2 is 1.53 bits per heavy atom. The molecule has 0 fully saturated rings. The second kappa shape index (κ2) is 4.12. The third-order valence-corrected chi connectivity index (χ3v) is 3.96. The van der Waals surface area contributed by atoms with Crippen molar-refractivity contribution in [3.05, 3.63) is 64.7 Å². The molecular formula is C18H20O. The predicted molar refractivity (Wildman–Crippen MR) is 78.9 cm³/mol. The Balaban J connectivity index is 2.14. The van der Waals surface area contributed by atoms with Crippen molar-refractivity contribution in [3.63, 3.8) is 0 Å². The third-order valence-electron chi connectivity index (χ3n) is 3.96. The molecule has 0 amide bonds. The van der Waals surface area contributed by atoms with Crippen LogP contribution in [0.1, 0.15) is 42.0 Å². The summed E-state index contributed by atoms with van der Waals surface area (Å²) < 4.78 is 6.15. The van der Waals surface area contributed by atoms with Gasteiger partial charge in [0.2, 0.25) is 0 Å². The van der Waals surface area contributed by atoms with Crippen LogP contribution < -0.4 is 4.74 Å². The Morgan fingerprint density at radius 3 is 2.21 bits per heavy atom. The van der Waals surface area contributed by atoms with Crippen molar-refractivity contribution in [2.45, 2.75) is 39.2 Å². The molecule has 1 heteroatoms. The molecule has 0 saturated heterocycles. The van der Waals surface area contributed by atoms with Gasteiger partial charge in [-0.3, -0.25) is 0 Å². The second-order valence-corrected chi connectivity index (χ2v) is 6.09. The first-order valence-electron chi connectivity index (χ1n) is 6.83. The van der Waals surface area contributed by atoms with Crippen molar-refractivity contribution < 1.29 is 4.74 Å². The molecule has 2 aromatic rings. The first-order chi connectivity index (χ1) is 8.97. The van der Waals surface area contributed by atoms with E-state index in [2.05, 4.69) is 70.2 Å². The average molecular weight is 252 g/mol. The quantitative estimate of drug-likeness (QED) is 0.720. The van der Waals surface area contributed by atoms with Crippen LogP contribution >= 0.6 is 0 Å². The van der Waals surface area contributed by atoms with Crippen molar-refractivity contribution in [1.29, 1.82) is 0 Å². The highest BCUT2D eigenvalue weighted by Crippen LogP contribution is 2.48. The molecule has 0 aromatic heterocycles. The number of rotatable bonds is 1. The SMILES string of the molecule is Cc1ccc(C2c3cc(C)ccc3OC2(C)C)cc1. The van der Waals surface area contributed by atoms with E-state index in [-0.39, 0.29) is 5.60 Å². The summed E-state index contributed by atoms with van der Waals surface area (Å²) in [6.45, 7) is 8.61. The minimum Gasteiger partial charge on any atom is -0.487 e. The van der Waals surface area contributed by atoms with Crippen LogP contribution in [-0.2, 0) is 0 Å². The molecule has 0 radical (unpaired) electrons. The fraction of sp³-hybridized carbons (Fsp3) is 0.333. The lowest BCUT2D eigenvalue weighted by molar-refractivity contribution is 0.122. The summed E-state index contributed by atoms with van der Waals surface area (Å²) in [5.74, 6) is 1.34. The summed E-state index contributed by atoms with van der Waals surface area (Å²) >= 11 is 0. The molecular weight excluding hydrogens is 232 g/mol. The van der Waals surface area contributed by atoms with E-state index in [9.17, 15) is 0 Å². The molecule has 1 heterocycles. The van der Waals surface area contributed by atoms with Crippen LogP contribution in [0.15, 0.2) is 42.5 Å². The zero-order valence-electron chi connectivity index (χ0n) is 12.0. The molecule has 0 saturated carbocycles. The lowest BCUT2D eigenvalue weighted by atomic mass is 9.81. The van der Waals surface area contributed by atoms with Gasteiger partial charge in [-0.1, -0.05) is 47.5 Å². The molecule has 1 aliphatic rings. The Hall–Kier alpha value is -1.76. The van der Waals surface area contributed by atoms with Crippen LogP contribution in [0.2, 0.25) is 0 Å². The smallest absolute Gasteiger partial charge is 0.124 e. The molecule has 19 heavy (non-hydrogen) atoms.